The second kappa shape index (κ2) is 10.9. The van der Waals surface area contributed by atoms with Gasteiger partial charge in [0.05, 0.1) is 14.2 Å². The molecule has 0 fully saturated rings. The maximum atomic E-state index is 11.8. The summed E-state index contributed by atoms with van der Waals surface area (Å²) in [5.41, 5.74) is 8.42. The number of carbonyl (C=O) groups excluding carboxylic acids is 1. The van der Waals surface area contributed by atoms with Crippen molar-refractivity contribution in [3.8, 4) is 11.5 Å². The van der Waals surface area contributed by atoms with Gasteiger partial charge in [-0.2, -0.15) is 0 Å². The zero-order valence-electron chi connectivity index (χ0n) is 16.2. The number of hydrogen-bond donors (Lipinski definition) is 3. The molecule has 0 aliphatic heterocycles. The van der Waals surface area contributed by atoms with E-state index in [1.54, 1.807) is 20.3 Å². The van der Waals surface area contributed by atoms with E-state index in [2.05, 4.69) is 16.2 Å². The number of aryl methyl sites for hydroxylation is 1. The first kappa shape index (κ1) is 21.2. The van der Waals surface area contributed by atoms with Crippen LogP contribution in [0.3, 0.4) is 0 Å². The third-order valence-electron chi connectivity index (χ3n) is 3.95. The van der Waals surface area contributed by atoms with Gasteiger partial charge in [-0.1, -0.05) is 35.9 Å². The molecule has 0 aromatic heterocycles. The third kappa shape index (κ3) is 6.92. The summed E-state index contributed by atoms with van der Waals surface area (Å²) < 4.78 is 10.5. The molecule has 0 bridgehead atoms. The van der Waals surface area contributed by atoms with Crippen LogP contribution in [0.15, 0.2) is 48.5 Å². The average Bonchev–Trinajstić information content (AvgIpc) is 2.71. The van der Waals surface area contributed by atoms with Gasteiger partial charge >= 0.3 is 0 Å². The molecular weight excluding hydrogens is 374 g/mol. The lowest BCUT2D eigenvalue weighted by Gasteiger charge is -2.12. The first-order valence-corrected chi connectivity index (χ1v) is 9.22. The van der Waals surface area contributed by atoms with Crippen molar-refractivity contribution in [3.05, 3.63) is 65.2 Å². The Kier molecular flexibility index (Phi) is 8.30. The van der Waals surface area contributed by atoms with Gasteiger partial charge in [-0.3, -0.25) is 15.6 Å². The summed E-state index contributed by atoms with van der Waals surface area (Å²) in [7, 11) is 3.21. The second-order valence-electron chi connectivity index (χ2n) is 6.05. The summed E-state index contributed by atoms with van der Waals surface area (Å²) in [5, 5.41) is 3.39. The van der Waals surface area contributed by atoms with E-state index in [0.717, 1.165) is 17.5 Å². The van der Waals surface area contributed by atoms with Crippen LogP contribution < -0.4 is 25.6 Å². The van der Waals surface area contributed by atoms with Crippen molar-refractivity contribution in [2.75, 3.05) is 20.8 Å². The van der Waals surface area contributed by atoms with Gasteiger partial charge in [-0.15, -0.1) is 0 Å². The van der Waals surface area contributed by atoms with Gasteiger partial charge in [-0.05, 0) is 54.9 Å². The normalized spacial score (nSPS) is 10.4. The SMILES string of the molecule is COc1ccc(CCNC(=S)NNC(=O)/C=C/c2ccc(C)cc2)cc1OC. The molecule has 2 aromatic rings. The number of methoxy groups -OCH3 is 2. The van der Waals surface area contributed by atoms with Crippen molar-refractivity contribution in [2.45, 2.75) is 13.3 Å². The number of carbonyl (C=O) groups is 1. The number of thiocarbonyl (C=S) groups is 1. The average molecular weight is 400 g/mol. The van der Waals surface area contributed by atoms with E-state index in [9.17, 15) is 4.79 Å². The zero-order valence-corrected chi connectivity index (χ0v) is 17.1. The van der Waals surface area contributed by atoms with Crippen molar-refractivity contribution in [1.29, 1.82) is 0 Å². The molecule has 0 heterocycles. The standard InChI is InChI=1S/C21H25N3O3S/c1-15-4-6-16(7-5-15)9-11-20(25)23-24-21(28)22-13-12-17-8-10-18(26-2)19(14-17)27-3/h4-11,14H,12-13H2,1-3H3,(H,23,25)(H2,22,24,28)/b11-9+. The Morgan fingerprint density at radius 2 is 1.75 bits per heavy atom. The van der Waals surface area contributed by atoms with Crippen LogP contribution in [0.25, 0.3) is 6.08 Å². The van der Waals surface area contributed by atoms with E-state index in [4.69, 9.17) is 21.7 Å². The fourth-order valence-corrected chi connectivity index (χ4v) is 2.56. The van der Waals surface area contributed by atoms with Crippen LogP contribution in [0.4, 0.5) is 0 Å². The van der Waals surface area contributed by atoms with E-state index in [1.165, 1.54) is 11.6 Å². The molecule has 0 aliphatic carbocycles. The first-order valence-electron chi connectivity index (χ1n) is 8.81. The van der Waals surface area contributed by atoms with E-state index < -0.39 is 0 Å². The highest BCUT2D eigenvalue weighted by atomic mass is 32.1. The molecule has 0 aliphatic rings. The fraction of sp³-hybridized carbons (Fsp3) is 0.238. The maximum absolute atomic E-state index is 11.8. The molecule has 148 valence electrons. The highest BCUT2D eigenvalue weighted by Gasteiger charge is 2.05. The monoisotopic (exact) mass is 399 g/mol. The van der Waals surface area contributed by atoms with Crippen molar-refractivity contribution >= 4 is 29.3 Å². The van der Waals surface area contributed by atoms with Gasteiger partial charge in [0.2, 0.25) is 0 Å². The molecule has 2 aromatic carbocycles. The zero-order chi connectivity index (χ0) is 20.4. The smallest absolute Gasteiger partial charge is 0.262 e. The summed E-state index contributed by atoms with van der Waals surface area (Å²) in [4.78, 5) is 11.8. The maximum Gasteiger partial charge on any atom is 0.262 e. The van der Waals surface area contributed by atoms with E-state index >= 15 is 0 Å². The van der Waals surface area contributed by atoms with Gasteiger partial charge in [0.1, 0.15) is 0 Å². The van der Waals surface area contributed by atoms with Crippen LogP contribution in [0.1, 0.15) is 16.7 Å². The van der Waals surface area contributed by atoms with Gasteiger partial charge < -0.3 is 14.8 Å². The van der Waals surface area contributed by atoms with Crippen molar-refractivity contribution < 1.29 is 14.3 Å². The first-order chi connectivity index (χ1) is 13.5. The summed E-state index contributed by atoms with van der Waals surface area (Å²) in [6, 6.07) is 13.7. The quantitative estimate of drug-likeness (QED) is 0.378. The third-order valence-corrected chi connectivity index (χ3v) is 4.20. The van der Waals surface area contributed by atoms with E-state index in [-0.39, 0.29) is 5.91 Å². The molecule has 0 saturated carbocycles. The van der Waals surface area contributed by atoms with Crippen LogP contribution in [-0.4, -0.2) is 31.8 Å². The van der Waals surface area contributed by atoms with Crippen molar-refractivity contribution in [3.63, 3.8) is 0 Å². The molecule has 0 spiro atoms. The fourth-order valence-electron chi connectivity index (χ4n) is 2.41. The minimum atomic E-state index is -0.287. The van der Waals surface area contributed by atoms with Gasteiger partial charge in [0.15, 0.2) is 16.6 Å². The highest BCUT2D eigenvalue weighted by molar-refractivity contribution is 7.80. The van der Waals surface area contributed by atoms with Crippen LogP contribution in [-0.2, 0) is 11.2 Å². The number of benzene rings is 2. The number of hydrogen-bond acceptors (Lipinski definition) is 4. The number of hydrazine groups is 1. The summed E-state index contributed by atoms with van der Waals surface area (Å²) >= 11 is 5.16. The lowest BCUT2D eigenvalue weighted by molar-refractivity contribution is -0.116. The number of nitrogens with one attached hydrogen (secondary N) is 3. The molecule has 2 rings (SSSR count). The molecule has 0 atom stereocenters. The number of ether oxygens (including phenoxy) is 2. The molecule has 0 unspecified atom stereocenters. The summed E-state index contributed by atoms with van der Waals surface area (Å²) in [6.45, 7) is 2.62. The summed E-state index contributed by atoms with van der Waals surface area (Å²) in [5.74, 6) is 1.09. The Hall–Kier alpha value is -3.06. The van der Waals surface area contributed by atoms with Crippen LogP contribution in [0.2, 0.25) is 0 Å². The molecule has 6 nitrogen and oxygen atoms in total. The second-order valence-corrected chi connectivity index (χ2v) is 6.46. The number of amides is 1. The lowest BCUT2D eigenvalue weighted by Crippen LogP contribution is -2.46. The number of rotatable bonds is 7. The molecule has 3 N–H and O–H groups in total. The van der Waals surface area contributed by atoms with Crippen molar-refractivity contribution in [1.82, 2.24) is 16.2 Å². The summed E-state index contributed by atoms with van der Waals surface area (Å²) in [6.07, 6.45) is 3.93. The minimum Gasteiger partial charge on any atom is -0.493 e. The van der Waals surface area contributed by atoms with Gasteiger partial charge in [0, 0.05) is 12.6 Å². The Morgan fingerprint density at radius 3 is 2.43 bits per heavy atom. The Morgan fingerprint density at radius 1 is 1.04 bits per heavy atom. The van der Waals surface area contributed by atoms with Crippen LogP contribution >= 0.6 is 12.2 Å². The van der Waals surface area contributed by atoms with Gasteiger partial charge in [-0.25, -0.2) is 0 Å². The minimum absolute atomic E-state index is 0.287. The molecule has 0 saturated heterocycles. The topological polar surface area (TPSA) is 71.6 Å². The van der Waals surface area contributed by atoms with E-state index in [0.29, 0.717) is 23.2 Å². The molecule has 28 heavy (non-hydrogen) atoms. The lowest BCUT2D eigenvalue weighted by atomic mass is 10.1. The van der Waals surface area contributed by atoms with Gasteiger partial charge in [0.25, 0.3) is 5.91 Å². The molecule has 7 heteroatoms. The molecule has 0 radical (unpaired) electrons. The van der Waals surface area contributed by atoms with Crippen LogP contribution in [0.5, 0.6) is 11.5 Å². The Bertz CT molecular complexity index is 835. The van der Waals surface area contributed by atoms with Crippen LogP contribution in [0, 0.1) is 6.92 Å². The Labute approximate surface area is 170 Å². The van der Waals surface area contributed by atoms with Crippen molar-refractivity contribution in [2.24, 2.45) is 0 Å². The molecular formula is C21H25N3O3S. The highest BCUT2D eigenvalue weighted by Crippen LogP contribution is 2.27. The predicted octanol–water partition coefficient (Wildman–Crippen LogP) is 2.76. The molecule has 1 amide bonds. The van der Waals surface area contributed by atoms with E-state index in [1.807, 2.05) is 49.4 Å². The predicted molar refractivity (Wildman–Crippen MR) is 115 cm³/mol. The largest absolute Gasteiger partial charge is 0.493 e. The Balaban J connectivity index is 1.71.